The van der Waals surface area contributed by atoms with Crippen molar-refractivity contribution in [1.82, 2.24) is 5.32 Å². The minimum Gasteiger partial charge on any atom is -0.457 e. The number of hydrogen-bond acceptors (Lipinski definition) is 5. The van der Waals surface area contributed by atoms with Crippen molar-refractivity contribution in [3.63, 3.8) is 0 Å². The largest absolute Gasteiger partial charge is 0.457 e. The normalized spacial score (nSPS) is 12.2. The molecule has 0 aliphatic carbocycles. The summed E-state index contributed by atoms with van der Waals surface area (Å²) in [4.78, 5) is 12.8. The molecule has 21 heavy (non-hydrogen) atoms. The lowest BCUT2D eigenvalue weighted by molar-refractivity contribution is 0.0902. The van der Waals surface area contributed by atoms with Gasteiger partial charge in [-0.2, -0.15) is 11.3 Å². The average molecular weight is 319 g/mol. The first-order chi connectivity index (χ1) is 10.2. The van der Waals surface area contributed by atoms with Gasteiger partial charge < -0.3 is 14.8 Å². The summed E-state index contributed by atoms with van der Waals surface area (Å²) in [6.45, 7) is 0.117. The molecule has 0 aliphatic rings. The van der Waals surface area contributed by atoms with E-state index in [9.17, 15) is 9.90 Å². The number of carbonyl (C=O) groups is 1. The van der Waals surface area contributed by atoms with Gasteiger partial charge in [0.2, 0.25) is 0 Å². The molecule has 0 fully saturated rings. The summed E-state index contributed by atoms with van der Waals surface area (Å²) >= 11 is 3.03. The van der Waals surface area contributed by atoms with E-state index >= 15 is 0 Å². The zero-order chi connectivity index (χ0) is 14.7. The molecule has 2 N–H and O–H groups in total. The van der Waals surface area contributed by atoms with E-state index in [0.717, 1.165) is 10.6 Å². The summed E-state index contributed by atoms with van der Waals surface area (Å²) in [7, 11) is 0. The highest BCUT2D eigenvalue weighted by atomic mass is 32.1. The molecule has 3 aromatic heterocycles. The van der Waals surface area contributed by atoms with Gasteiger partial charge in [0.1, 0.15) is 17.6 Å². The van der Waals surface area contributed by atoms with Crippen LogP contribution < -0.4 is 5.32 Å². The number of nitrogens with one attached hydrogen (secondary N) is 1. The first-order valence-corrected chi connectivity index (χ1v) is 8.18. The third kappa shape index (κ3) is 3.24. The molecule has 4 nitrogen and oxygen atoms in total. The van der Waals surface area contributed by atoms with Gasteiger partial charge in [-0.3, -0.25) is 4.79 Å². The highest BCUT2D eigenvalue weighted by Gasteiger charge is 2.15. The van der Waals surface area contributed by atoms with E-state index in [1.54, 1.807) is 28.8 Å². The molecule has 0 aliphatic heterocycles. The first-order valence-electron chi connectivity index (χ1n) is 6.36. The number of amides is 1. The molecule has 0 spiro atoms. The fourth-order valence-electron chi connectivity index (χ4n) is 1.87. The Labute approximate surface area is 129 Å². The molecule has 3 aromatic rings. The second kappa shape index (κ2) is 6.26. The molecule has 0 bridgehead atoms. The second-order valence-corrected chi connectivity index (χ2v) is 6.14. The molecular weight excluding hydrogens is 306 g/mol. The van der Waals surface area contributed by atoms with Crippen LogP contribution in [0.5, 0.6) is 0 Å². The van der Waals surface area contributed by atoms with E-state index in [2.05, 4.69) is 5.32 Å². The highest BCUT2D eigenvalue weighted by molar-refractivity contribution is 7.13. The van der Waals surface area contributed by atoms with Crippen molar-refractivity contribution in [2.24, 2.45) is 0 Å². The molecule has 6 heteroatoms. The summed E-state index contributed by atoms with van der Waals surface area (Å²) in [5.74, 6) is 0.979. The smallest absolute Gasteiger partial charge is 0.252 e. The maximum atomic E-state index is 11.8. The van der Waals surface area contributed by atoms with Crippen LogP contribution in [0.3, 0.4) is 0 Å². The van der Waals surface area contributed by atoms with Crippen LogP contribution in [0, 0.1) is 0 Å². The van der Waals surface area contributed by atoms with Gasteiger partial charge in [0.25, 0.3) is 5.91 Å². The molecule has 0 aromatic carbocycles. The van der Waals surface area contributed by atoms with Crippen LogP contribution in [-0.2, 0) is 0 Å². The number of carbonyl (C=O) groups excluding carboxylic acids is 1. The molecule has 108 valence electrons. The fraction of sp³-hybridized carbons (Fsp3) is 0.133. The van der Waals surface area contributed by atoms with Crippen molar-refractivity contribution in [1.29, 1.82) is 0 Å². The number of hydrogen-bond donors (Lipinski definition) is 2. The van der Waals surface area contributed by atoms with Crippen LogP contribution >= 0.6 is 22.7 Å². The lowest BCUT2D eigenvalue weighted by Gasteiger charge is -2.09. The molecule has 1 atom stereocenters. The summed E-state index contributed by atoms with van der Waals surface area (Å²) in [5.41, 5.74) is 0.603. The predicted octanol–water partition coefficient (Wildman–Crippen LogP) is 3.53. The Bertz CT molecular complexity index is 701. The lowest BCUT2D eigenvalue weighted by Crippen LogP contribution is -2.27. The number of rotatable bonds is 5. The maximum Gasteiger partial charge on any atom is 0.252 e. The van der Waals surface area contributed by atoms with E-state index in [4.69, 9.17) is 4.42 Å². The van der Waals surface area contributed by atoms with Gasteiger partial charge >= 0.3 is 0 Å². The molecule has 0 radical (unpaired) electrons. The van der Waals surface area contributed by atoms with E-state index in [0.29, 0.717) is 11.3 Å². The Kier molecular flexibility index (Phi) is 4.19. The highest BCUT2D eigenvalue weighted by Crippen LogP contribution is 2.28. The average Bonchev–Trinajstić information content (AvgIpc) is 3.25. The minimum atomic E-state index is -0.860. The first kappa shape index (κ1) is 14.1. The van der Waals surface area contributed by atoms with E-state index < -0.39 is 6.10 Å². The second-order valence-electron chi connectivity index (χ2n) is 4.42. The Balaban J connectivity index is 1.61. The Hall–Kier alpha value is -1.89. The monoisotopic (exact) mass is 319 g/mol. The van der Waals surface area contributed by atoms with Crippen molar-refractivity contribution in [3.05, 3.63) is 57.8 Å². The van der Waals surface area contributed by atoms with Gasteiger partial charge in [0.15, 0.2) is 0 Å². The van der Waals surface area contributed by atoms with Gasteiger partial charge in [0.05, 0.1) is 11.4 Å². The molecule has 0 saturated carbocycles. The molecule has 1 amide bonds. The third-order valence-electron chi connectivity index (χ3n) is 2.96. The number of aliphatic hydroxyl groups is 1. The van der Waals surface area contributed by atoms with Crippen molar-refractivity contribution < 1.29 is 14.3 Å². The van der Waals surface area contributed by atoms with Gasteiger partial charge in [-0.1, -0.05) is 6.07 Å². The molecule has 0 saturated heterocycles. The molecular formula is C15H13NO3S2. The summed E-state index contributed by atoms with van der Waals surface area (Å²) in [5, 5.41) is 18.3. The molecule has 3 heterocycles. The topological polar surface area (TPSA) is 62.5 Å². The van der Waals surface area contributed by atoms with Gasteiger partial charge in [-0.05, 0) is 35.0 Å². The number of aliphatic hydroxyl groups excluding tert-OH is 1. The summed E-state index contributed by atoms with van der Waals surface area (Å²) in [6, 6.07) is 9.20. The number of thiophene rings is 2. The van der Waals surface area contributed by atoms with Crippen molar-refractivity contribution >= 4 is 28.6 Å². The lowest BCUT2D eigenvalue weighted by atomic mass is 10.2. The van der Waals surface area contributed by atoms with Crippen molar-refractivity contribution in [2.45, 2.75) is 6.10 Å². The van der Waals surface area contributed by atoms with Crippen LogP contribution in [0.25, 0.3) is 10.6 Å². The maximum absolute atomic E-state index is 11.8. The molecule has 3 rings (SSSR count). The van der Waals surface area contributed by atoms with Gasteiger partial charge in [-0.25, -0.2) is 0 Å². The van der Waals surface area contributed by atoms with E-state index in [1.165, 1.54) is 11.3 Å². The zero-order valence-electron chi connectivity index (χ0n) is 11.0. The van der Waals surface area contributed by atoms with Crippen molar-refractivity contribution in [2.75, 3.05) is 6.54 Å². The number of furan rings is 1. The fourth-order valence-corrected chi connectivity index (χ4v) is 3.19. The Morgan fingerprint density at radius 1 is 1.29 bits per heavy atom. The minimum absolute atomic E-state index is 0.117. The Morgan fingerprint density at radius 2 is 2.19 bits per heavy atom. The molecule has 1 unspecified atom stereocenters. The SMILES string of the molecule is O=C(NCC(O)c1ccc(-c2cccs2)o1)c1ccsc1. The van der Waals surface area contributed by atoms with Crippen LogP contribution in [0.2, 0.25) is 0 Å². The van der Waals surface area contributed by atoms with E-state index in [-0.39, 0.29) is 12.5 Å². The zero-order valence-corrected chi connectivity index (χ0v) is 12.6. The summed E-state index contributed by atoms with van der Waals surface area (Å²) in [6.07, 6.45) is -0.860. The standard InChI is InChI=1S/C15H13NO3S2/c17-11(8-16-15(18)10-5-7-20-9-10)12-3-4-13(19-12)14-2-1-6-21-14/h1-7,9,11,17H,8H2,(H,16,18). The van der Waals surface area contributed by atoms with E-state index in [1.807, 2.05) is 29.0 Å². The van der Waals surface area contributed by atoms with Crippen LogP contribution in [-0.4, -0.2) is 17.6 Å². The quantitative estimate of drug-likeness (QED) is 0.756. The predicted molar refractivity (Wildman–Crippen MR) is 83.6 cm³/mol. The van der Waals surface area contributed by atoms with Crippen LogP contribution in [0.4, 0.5) is 0 Å². The van der Waals surface area contributed by atoms with Gasteiger partial charge in [0, 0.05) is 10.9 Å². The van der Waals surface area contributed by atoms with Gasteiger partial charge in [-0.15, -0.1) is 11.3 Å². The summed E-state index contributed by atoms with van der Waals surface area (Å²) < 4.78 is 5.62. The van der Waals surface area contributed by atoms with Crippen LogP contribution in [0.15, 0.2) is 50.9 Å². The van der Waals surface area contributed by atoms with Crippen molar-refractivity contribution in [3.8, 4) is 10.6 Å². The van der Waals surface area contributed by atoms with Crippen LogP contribution in [0.1, 0.15) is 22.2 Å². The third-order valence-corrected chi connectivity index (χ3v) is 4.53. The Morgan fingerprint density at radius 3 is 2.90 bits per heavy atom.